The zero-order chi connectivity index (χ0) is 10.2. The minimum absolute atomic E-state index is 0.729. The number of anilines is 2. The number of hydrogen-bond donors (Lipinski definition) is 2. The largest absolute Gasteiger partial charge is 0.380 e. The molecule has 0 radical (unpaired) electrons. The fraction of sp³-hybridized carbons (Fsp3) is 0.182. The maximum Gasteiger partial charge on any atom is 0.126 e. The third-order valence-electron chi connectivity index (χ3n) is 1.64. The Morgan fingerprint density at radius 1 is 1.14 bits per heavy atom. The van der Waals surface area contributed by atoms with Crippen LogP contribution >= 0.6 is 0 Å². The van der Waals surface area contributed by atoms with E-state index in [9.17, 15) is 0 Å². The van der Waals surface area contributed by atoms with Gasteiger partial charge < -0.3 is 10.6 Å². The van der Waals surface area contributed by atoms with Crippen LogP contribution in [0, 0.1) is 0 Å². The van der Waals surface area contributed by atoms with Crippen molar-refractivity contribution in [3.05, 3.63) is 43.6 Å². The van der Waals surface area contributed by atoms with Crippen molar-refractivity contribution in [1.82, 2.24) is 4.98 Å². The van der Waals surface area contributed by atoms with Gasteiger partial charge in [0.05, 0.1) is 11.9 Å². The van der Waals surface area contributed by atoms with Crippen LogP contribution in [0.4, 0.5) is 11.5 Å². The number of nitrogens with one attached hydrogen (secondary N) is 2. The summed E-state index contributed by atoms with van der Waals surface area (Å²) in [5.41, 5.74) is 0.994. The van der Waals surface area contributed by atoms with E-state index >= 15 is 0 Å². The molecule has 0 aliphatic rings. The van der Waals surface area contributed by atoms with Crippen molar-refractivity contribution in [3.8, 4) is 0 Å². The first-order valence-corrected chi connectivity index (χ1v) is 4.52. The molecule has 0 saturated heterocycles. The molecule has 1 heterocycles. The van der Waals surface area contributed by atoms with Crippen molar-refractivity contribution in [3.63, 3.8) is 0 Å². The van der Waals surface area contributed by atoms with Gasteiger partial charge in [-0.05, 0) is 12.1 Å². The molecule has 1 aromatic rings. The predicted octanol–water partition coefficient (Wildman–Crippen LogP) is 2.28. The van der Waals surface area contributed by atoms with Crippen LogP contribution in [0.3, 0.4) is 0 Å². The molecule has 0 aliphatic heterocycles. The zero-order valence-electron chi connectivity index (χ0n) is 8.16. The van der Waals surface area contributed by atoms with E-state index in [2.05, 4.69) is 28.8 Å². The quantitative estimate of drug-likeness (QED) is 0.674. The van der Waals surface area contributed by atoms with Crippen LogP contribution in [0.1, 0.15) is 0 Å². The van der Waals surface area contributed by atoms with Crippen molar-refractivity contribution in [1.29, 1.82) is 0 Å². The predicted molar refractivity (Wildman–Crippen MR) is 61.6 cm³/mol. The molecule has 3 nitrogen and oxygen atoms in total. The Labute approximate surface area is 84.6 Å². The van der Waals surface area contributed by atoms with Gasteiger partial charge in [0.25, 0.3) is 0 Å². The van der Waals surface area contributed by atoms with Crippen LogP contribution in [-0.2, 0) is 0 Å². The maximum absolute atomic E-state index is 4.21. The second-order valence-electron chi connectivity index (χ2n) is 2.77. The van der Waals surface area contributed by atoms with E-state index in [1.165, 1.54) is 0 Å². The summed E-state index contributed by atoms with van der Waals surface area (Å²) in [6, 6.07) is 3.90. The fourth-order valence-corrected chi connectivity index (χ4v) is 0.970. The van der Waals surface area contributed by atoms with Crippen LogP contribution in [-0.4, -0.2) is 18.1 Å². The molecule has 3 heteroatoms. The smallest absolute Gasteiger partial charge is 0.126 e. The van der Waals surface area contributed by atoms with Gasteiger partial charge in [-0.2, -0.15) is 0 Å². The third kappa shape index (κ3) is 3.31. The fourth-order valence-electron chi connectivity index (χ4n) is 0.970. The first kappa shape index (κ1) is 10.3. The molecule has 1 rings (SSSR count). The lowest BCUT2D eigenvalue weighted by molar-refractivity contribution is 1.21. The topological polar surface area (TPSA) is 37.0 Å². The SMILES string of the molecule is C=CCNc1ccc(NCC=C)nc1. The highest BCUT2D eigenvalue weighted by Crippen LogP contribution is 2.08. The average Bonchev–Trinajstić information content (AvgIpc) is 2.25. The molecular weight excluding hydrogens is 174 g/mol. The molecule has 0 saturated carbocycles. The molecule has 0 aliphatic carbocycles. The van der Waals surface area contributed by atoms with Crippen molar-refractivity contribution in [2.45, 2.75) is 0 Å². The van der Waals surface area contributed by atoms with Gasteiger partial charge in [0.2, 0.25) is 0 Å². The Morgan fingerprint density at radius 3 is 2.43 bits per heavy atom. The number of pyridine rings is 1. The first-order chi connectivity index (χ1) is 6.86. The van der Waals surface area contributed by atoms with Gasteiger partial charge in [0.1, 0.15) is 5.82 Å². The molecule has 14 heavy (non-hydrogen) atoms. The van der Waals surface area contributed by atoms with Gasteiger partial charge in [-0.3, -0.25) is 0 Å². The minimum Gasteiger partial charge on any atom is -0.380 e. The van der Waals surface area contributed by atoms with Gasteiger partial charge in [-0.15, -0.1) is 13.2 Å². The number of rotatable bonds is 6. The van der Waals surface area contributed by atoms with Gasteiger partial charge in [0.15, 0.2) is 0 Å². The molecule has 2 N–H and O–H groups in total. The van der Waals surface area contributed by atoms with E-state index in [1.54, 1.807) is 12.3 Å². The lowest BCUT2D eigenvalue weighted by atomic mass is 10.4. The van der Waals surface area contributed by atoms with Crippen LogP contribution < -0.4 is 10.6 Å². The van der Waals surface area contributed by atoms with Crippen LogP contribution in [0.15, 0.2) is 43.6 Å². The van der Waals surface area contributed by atoms with Crippen molar-refractivity contribution >= 4 is 11.5 Å². The summed E-state index contributed by atoms with van der Waals surface area (Å²) in [7, 11) is 0. The Hall–Kier alpha value is -1.77. The van der Waals surface area contributed by atoms with Crippen molar-refractivity contribution in [2.24, 2.45) is 0 Å². The van der Waals surface area contributed by atoms with E-state index in [-0.39, 0.29) is 0 Å². The van der Waals surface area contributed by atoms with E-state index in [0.29, 0.717) is 0 Å². The highest BCUT2D eigenvalue weighted by Gasteiger charge is 1.92. The lowest BCUT2D eigenvalue weighted by Crippen LogP contribution is -2.02. The first-order valence-electron chi connectivity index (χ1n) is 4.52. The standard InChI is InChI=1S/C11H15N3/c1-3-7-12-10-5-6-11(14-9-10)13-8-4-2/h3-6,9,12H,1-2,7-8H2,(H,13,14). The Kier molecular flexibility index (Phi) is 4.27. The minimum atomic E-state index is 0.729. The zero-order valence-corrected chi connectivity index (χ0v) is 8.16. The molecule has 74 valence electrons. The number of hydrogen-bond acceptors (Lipinski definition) is 3. The average molecular weight is 189 g/mol. The normalized spacial score (nSPS) is 9.14. The summed E-state index contributed by atoms with van der Waals surface area (Å²) in [5.74, 6) is 0.856. The molecule has 0 atom stereocenters. The molecule has 0 amide bonds. The summed E-state index contributed by atoms with van der Waals surface area (Å²) in [4.78, 5) is 4.21. The molecule has 0 fully saturated rings. The lowest BCUT2D eigenvalue weighted by Gasteiger charge is -2.05. The number of aromatic nitrogens is 1. The van der Waals surface area contributed by atoms with E-state index in [0.717, 1.165) is 24.6 Å². The van der Waals surface area contributed by atoms with Crippen LogP contribution in [0.5, 0.6) is 0 Å². The second-order valence-corrected chi connectivity index (χ2v) is 2.77. The van der Waals surface area contributed by atoms with Gasteiger partial charge >= 0.3 is 0 Å². The maximum atomic E-state index is 4.21. The molecule has 0 spiro atoms. The van der Waals surface area contributed by atoms with Crippen molar-refractivity contribution in [2.75, 3.05) is 23.7 Å². The molecular formula is C11H15N3. The van der Waals surface area contributed by atoms with Gasteiger partial charge in [-0.25, -0.2) is 4.98 Å². The van der Waals surface area contributed by atoms with Crippen LogP contribution in [0.2, 0.25) is 0 Å². The Balaban J connectivity index is 2.49. The van der Waals surface area contributed by atoms with Gasteiger partial charge in [0, 0.05) is 13.1 Å². The van der Waals surface area contributed by atoms with E-state index < -0.39 is 0 Å². The molecule has 0 bridgehead atoms. The van der Waals surface area contributed by atoms with Crippen LogP contribution in [0.25, 0.3) is 0 Å². The molecule has 0 aromatic carbocycles. The third-order valence-corrected chi connectivity index (χ3v) is 1.64. The summed E-state index contributed by atoms with van der Waals surface area (Å²) in [6.07, 6.45) is 5.39. The van der Waals surface area contributed by atoms with Crippen molar-refractivity contribution < 1.29 is 0 Å². The molecule has 0 unspecified atom stereocenters. The van der Waals surface area contributed by atoms with E-state index in [4.69, 9.17) is 0 Å². The van der Waals surface area contributed by atoms with E-state index in [1.807, 2.05) is 18.2 Å². The highest BCUT2D eigenvalue weighted by molar-refractivity contribution is 5.47. The number of nitrogens with zero attached hydrogens (tertiary/aromatic N) is 1. The summed E-state index contributed by atoms with van der Waals surface area (Å²) < 4.78 is 0. The summed E-state index contributed by atoms with van der Waals surface area (Å²) in [5, 5.41) is 6.25. The summed E-state index contributed by atoms with van der Waals surface area (Å²) in [6.45, 7) is 8.73. The van der Waals surface area contributed by atoms with Gasteiger partial charge in [-0.1, -0.05) is 12.2 Å². The second kappa shape index (κ2) is 5.80. The Bertz CT molecular complexity index is 259. The summed E-state index contributed by atoms with van der Waals surface area (Å²) >= 11 is 0. The molecule has 1 aromatic heterocycles. The monoisotopic (exact) mass is 189 g/mol. The Morgan fingerprint density at radius 2 is 1.86 bits per heavy atom. The highest BCUT2D eigenvalue weighted by atomic mass is 15.0.